The first-order valence-electron chi connectivity index (χ1n) is 21.9. The van der Waals surface area contributed by atoms with E-state index in [1.807, 2.05) is 84.6 Å². The summed E-state index contributed by atoms with van der Waals surface area (Å²) in [5.74, 6) is 0.808. The topological polar surface area (TPSA) is 48.7 Å². The Morgan fingerprint density at radius 3 is 2.18 bits per heavy atom. The molecule has 1 N–H and O–H groups in total. The van der Waals surface area contributed by atoms with Gasteiger partial charge in [-0.1, -0.05) is 108 Å². The maximum atomic E-state index is 8.32. The Balaban J connectivity index is 0.000000385. The first-order chi connectivity index (χ1) is 28.9. The van der Waals surface area contributed by atoms with Gasteiger partial charge in [-0.3, -0.25) is 4.98 Å². The number of pyridine rings is 1. The van der Waals surface area contributed by atoms with Crippen molar-refractivity contribution in [1.29, 1.82) is 0 Å². The summed E-state index contributed by atoms with van der Waals surface area (Å²) in [7, 11) is 0. The van der Waals surface area contributed by atoms with Crippen LogP contribution in [0.4, 0.5) is 28.4 Å². The number of fused-ring (bicyclic) bond motifs is 4. The molecule has 8 rings (SSSR count). The number of hydrogen-bond donors (Lipinski definition) is 1. The third-order valence-electron chi connectivity index (χ3n) is 10.1. The molecule has 7 heteroatoms. The van der Waals surface area contributed by atoms with Crippen molar-refractivity contribution < 1.29 is 29.3 Å². The van der Waals surface area contributed by atoms with Gasteiger partial charge < -0.3 is 25.0 Å². The predicted molar refractivity (Wildman–Crippen MR) is 234 cm³/mol. The van der Waals surface area contributed by atoms with E-state index in [0.717, 1.165) is 27.7 Å². The molecule has 7 aromatic rings. The summed E-state index contributed by atoms with van der Waals surface area (Å²) in [6.07, 6.45) is 3.60. The standard InChI is InChI=1S/C38H45N4.C11H7N2.Pt/c1-25(2)29-20-33(26(3)4)38(34(21-29)27(5)6)30-18-31(39-23-40(8)35-15-11-10-14-28(35)7)22-32(19-30)42-24-41(9)36-16-12-13-17-37(36)42;1-2-4-10-8(3-1)9-5-6-12-7-11(9)13-10;/h10-21,23-27,39H,1-9H3;1-7H;/q-3;-1;+4/i8D3,9D3;;. The van der Waals surface area contributed by atoms with Crippen molar-refractivity contribution in [2.45, 2.75) is 66.2 Å². The van der Waals surface area contributed by atoms with Crippen molar-refractivity contribution in [2.24, 2.45) is 0 Å². The Kier molecular flexibility index (Phi) is 10.3. The van der Waals surface area contributed by atoms with Crippen molar-refractivity contribution in [3.63, 3.8) is 0 Å². The van der Waals surface area contributed by atoms with Crippen molar-refractivity contribution in [2.75, 3.05) is 34.0 Å². The van der Waals surface area contributed by atoms with Crippen LogP contribution in [-0.2, 0) is 21.1 Å². The molecule has 3 heterocycles. The SMILES string of the molecule is [2H]C([2H])([2H])N([CH-]Nc1[c-]c(N2[CH-]N(C([2H])([2H])[2H])c3ccccc32)cc(-c2c(C(C)C)cc(C(C)C)cc2C(C)C)c1)c1ccccc1C.[Pt+4].c1ccc2c(c1)[n-]c1cnccc12. The van der Waals surface area contributed by atoms with E-state index >= 15 is 0 Å². The minimum absolute atomic E-state index is 0. The summed E-state index contributed by atoms with van der Waals surface area (Å²) in [6.45, 7) is 13.3. The van der Waals surface area contributed by atoms with Crippen molar-refractivity contribution in [3.05, 3.63) is 157 Å². The number of rotatable bonds is 9. The third kappa shape index (κ3) is 8.37. The largest absolute Gasteiger partial charge is 4.00 e. The molecule has 288 valence electrons. The van der Waals surface area contributed by atoms with Crippen LogP contribution in [0.1, 0.15) is 89.8 Å². The summed E-state index contributed by atoms with van der Waals surface area (Å²) in [6, 6.07) is 37.0. The molecule has 0 aliphatic carbocycles. The van der Waals surface area contributed by atoms with E-state index in [2.05, 4.69) is 81.1 Å². The fraction of sp³-hybridized carbons (Fsp3) is 0.245. The van der Waals surface area contributed by atoms with Gasteiger partial charge in [0.05, 0.1) is 0 Å². The fourth-order valence-corrected chi connectivity index (χ4v) is 7.17. The van der Waals surface area contributed by atoms with Crippen LogP contribution in [0.3, 0.4) is 0 Å². The molecule has 56 heavy (non-hydrogen) atoms. The van der Waals surface area contributed by atoms with E-state index in [1.54, 1.807) is 31.2 Å². The summed E-state index contributed by atoms with van der Waals surface area (Å²) in [5, 5.41) is 5.66. The van der Waals surface area contributed by atoms with Gasteiger partial charge in [-0.15, -0.1) is 46.2 Å². The molecule has 1 aliphatic heterocycles. The number of benzene rings is 5. The summed E-state index contributed by atoms with van der Waals surface area (Å²) in [4.78, 5) is 12.9. The molecule has 0 saturated heterocycles. The zero-order valence-corrected chi connectivity index (χ0v) is 35.2. The quantitative estimate of drug-likeness (QED) is 0.146. The Labute approximate surface area is 356 Å². The van der Waals surface area contributed by atoms with Crippen LogP contribution in [0.5, 0.6) is 0 Å². The zero-order valence-electron chi connectivity index (χ0n) is 38.9. The average Bonchev–Trinajstić information content (AvgIpc) is 3.80. The molecule has 2 aromatic heterocycles. The first-order valence-corrected chi connectivity index (χ1v) is 18.9. The molecule has 0 spiro atoms. The Morgan fingerprint density at radius 2 is 1.48 bits per heavy atom. The van der Waals surface area contributed by atoms with Gasteiger partial charge in [0, 0.05) is 37.7 Å². The van der Waals surface area contributed by atoms with Crippen LogP contribution in [0, 0.1) is 26.3 Å². The van der Waals surface area contributed by atoms with E-state index in [0.29, 0.717) is 34.4 Å². The van der Waals surface area contributed by atoms with E-state index in [9.17, 15) is 0 Å². The van der Waals surface area contributed by atoms with E-state index in [4.69, 9.17) is 8.22 Å². The molecule has 0 atom stereocenters. The van der Waals surface area contributed by atoms with Gasteiger partial charge in [0.25, 0.3) is 0 Å². The Morgan fingerprint density at radius 1 is 0.804 bits per heavy atom. The second-order valence-electron chi connectivity index (χ2n) is 15.0. The molecular formula is C49H52N6Pt. The van der Waals surface area contributed by atoms with Gasteiger partial charge in [0.1, 0.15) is 0 Å². The molecule has 0 unspecified atom stereocenters. The number of nitrogens with zero attached hydrogens (tertiary/aromatic N) is 5. The zero-order chi connectivity index (χ0) is 43.8. The predicted octanol–water partition coefficient (Wildman–Crippen LogP) is 12.5. The molecule has 0 amide bonds. The van der Waals surface area contributed by atoms with Gasteiger partial charge >= 0.3 is 21.1 Å². The van der Waals surface area contributed by atoms with Crippen LogP contribution in [-0.4, -0.2) is 18.9 Å². The van der Waals surface area contributed by atoms with Gasteiger partial charge in [0.2, 0.25) is 0 Å². The smallest absolute Gasteiger partial charge is 0.656 e. The van der Waals surface area contributed by atoms with Crippen molar-refractivity contribution in [1.82, 2.24) is 9.97 Å². The summed E-state index contributed by atoms with van der Waals surface area (Å²) < 4.78 is 49.6. The number of aryl methyl sites for hydroxylation is 1. The maximum Gasteiger partial charge on any atom is 4.00 e. The van der Waals surface area contributed by atoms with Gasteiger partial charge in [-0.05, 0) is 101 Å². The normalized spacial score (nSPS) is 14.3. The third-order valence-corrected chi connectivity index (χ3v) is 10.1. The van der Waals surface area contributed by atoms with Crippen LogP contribution in [0.2, 0.25) is 0 Å². The molecule has 0 bridgehead atoms. The van der Waals surface area contributed by atoms with E-state index in [-0.39, 0.29) is 32.9 Å². The molecule has 5 aromatic carbocycles. The first kappa shape index (κ1) is 33.1. The maximum absolute atomic E-state index is 8.32. The van der Waals surface area contributed by atoms with Crippen LogP contribution in [0.25, 0.3) is 32.9 Å². The second-order valence-corrected chi connectivity index (χ2v) is 15.0. The number of anilines is 5. The molecule has 0 saturated carbocycles. The Bertz CT molecular complexity index is 2570. The fourth-order valence-electron chi connectivity index (χ4n) is 7.17. The van der Waals surface area contributed by atoms with Crippen LogP contribution < -0.4 is 25.0 Å². The van der Waals surface area contributed by atoms with Crippen LogP contribution in [0.15, 0.2) is 116 Å². The minimum atomic E-state index is -2.45. The summed E-state index contributed by atoms with van der Waals surface area (Å²) >= 11 is 0. The number of hydrogen-bond acceptors (Lipinski definition) is 5. The van der Waals surface area contributed by atoms with E-state index < -0.39 is 14.0 Å². The number of para-hydroxylation sites is 4. The minimum Gasteiger partial charge on any atom is -0.656 e. The molecule has 0 fully saturated rings. The molecular weight excluding hydrogens is 868 g/mol. The average molecular weight is 926 g/mol. The molecule has 6 nitrogen and oxygen atoms in total. The van der Waals surface area contributed by atoms with Gasteiger partial charge in [0.15, 0.2) is 0 Å². The second kappa shape index (κ2) is 17.4. The molecule has 0 radical (unpaired) electrons. The van der Waals surface area contributed by atoms with Crippen LogP contribution >= 0.6 is 0 Å². The van der Waals surface area contributed by atoms with Gasteiger partial charge in [-0.2, -0.15) is 13.3 Å². The monoisotopic (exact) mass is 925 g/mol. The number of nitrogens with one attached hydrogen (secondary N) is 1. The summed E-state index contributed by atoms with van der Waals surface area (Å²) in [5.41, 5.74) is 11.6. The number of aromatic nitrogens is 2. The van der Waals surface area contributed by atoms with Gasteiger partial charge in [-0.25, -0.2) is 0 Å². The van der Waals surface area contributed by atoms with Crippen molar-refractivity contribution >= 4 is 50.2 Å². The molecule has 1 aliphatic rings. The van der Waals surface area contributed by atoms with Crippen molar-refractivity contribution in [3.8, 4) is 11.1 Å². The Hall–Kier alpha value is -5.06. The van der Waals surface area contributed by atoms with E-state index in [1.165, 1.54) is 43.9 Å².